The van der Waals surface area contributed by atoms with E-state index in [0.29, 0.717) is 29.1 Å². The van der Waals surface area contributed by atoms with Gasteiger partial charge in [0.2, 0.25) is 41.4 Å². The topological polar surface area (TPSA) is 364 Å². The summed E-state index contributed by atoms with van der Waals surface area (Å²) in [5.74, 6) is -5.94. The van der Waals surface area contributed by atoms with Crippen LogP contribution in [-0.2, 0) is 50.3 Å². The second-order valence-electron chi connectivity index (χ2n) is 21.6. The smallest absolute Gasteiger partial charge is 0.220 e. The van der Waals surface area contributed by atoms with Crippen LogP contribution >= 0.6 is 0 Å². The van der Waals surface area contributed by atoms with Crippen molar-refractivity contribution in [2.24, 2.45) is 79.7 Å². The van der Waals surface area contributed by atoms with Gasteiger partial charge in [-0.15, -0.1) is 34.8 Å². The van der Waals surface area contributed by atoms with Gasteiger partial charge in [-0.3, -0.25) is 33.6 Å². The van der Waals surface area contributed by atoms with Gasteiger partial charge in [-0.1, -0.05) is 53.6 Å². The predicted molar refractivity (Wildman–Crippen MR) is 253 cm³/mol. The summed E-state index contributed by atoms with van der Waals surface area (Å²) >= 11 is 0. The van der Waals surface area contributed by atoms with Crippen LogP contribution in [0.25, 0.3) is 21.3 Å². The number of carbonyl (C=O) groups excluding carboxylic acids is 7. The molecule has 5 rings (SSSR count). The Balaban J connectivity index is 0.0000101. The minimum atomic E-state index is -1.35. The molecule has 383 valence electrons. The molecule has 5 aliphatic rings. The van der Waals surface area contributed by atoms with Crippen LogP contribution in [-0.4, -0.2) is 88.8 Å². The molecule has 0 aromatic rings. The molecule has 1 unspecified atom stereocenters. The summed E-state index contributed by atoms with van der Waals surface area (Å²) in [6, 6.07) is -2.92. The number of nitrogens with one attached hydrogen (secondary N) is 1. The zero-order chi connectivity index (χ0) is 50.4. The molecule has 0 aromatic heterocycles. The van der Waals surface area contributed by atoms with Gasteiger partial charge in [0.05, 0.1) is 6.10 Å². The SMILES string of the molecule is C/C1=C2/[N-][C@H](/C=C3\[N-][C@H](/C(C)=C4\[N-][C@H]([C@H](CC(N)=O)[C@@]4(C)CCC(=O)NC[C@@H](C)O)[C@]4(C)[N-]C1[C@@H](CCC(N)=O)[C@]4(C)CC(N)=O)[C@@H](CCC(N)=O)C3(C)C)[C@@H](CCC(N)=O)[C@]2(C)CC(N)=O.[Co]. The van der Waals surface area contributed by atoms with Crippen molar-refractivity contribution in [3.63, 3.8) is 0 Å². The first kappa shape index (κ1) is 55.9. The van der Waals surface area contributed by atoms with E-state index in [1.54, 1.807) is 6.92 Å². The second-order valence-corrected chi connectivity index (χ2v) is 21.6. The van der Waals surface area contributed by atoms with Gasteiger partial charge < -0.3 is 66.1 Å². The van der Waals surface area contributed by atoms with Gasteiger partial charge in [-0.2, -0.15) is 17.1 Å². The molecule has 4 saturated heterocycles. The van der Waals surface area contributed by atoms with Gasteiger partial charge in [0, 0.05) is 68.3 Å². The molecule has 5 aliphatic heterocycles. The van der Waals surface area contributed by atoms with Crippen LogP contribution in [0.5, 0.6) is 0 Å². The number of aliphatic hydroxyl groups excluding tert-OH is 1. The van der Waals surface area contributed by atoms with E-state index >= 15 is 0 Å². The molecule has 0 saturated carbocycles. The van der Waals surface area contributed by atoms with Crippen molar-refractivity contribution in [2.75, 3.05) is 6.54 Å². The van der Waals surface area contributed by atoms with Crippen LogP contribution in [0.1, 0.15) is 133 Å². The quantitative estimate of drug-likeness (QED) is 0.0891. The molecule has 14 N–H and O–H groups in total. The van der Waals surface area contributed by atoms with Gasteiger partial charge in [-0.25, -0.2) is 0 Å². The third-order valence-corrected chi connectivity index (χ3v) is 16.7. The Hall–Kier alpha value is -4.66. The van der Waals surface area contributed by atoms with E-state index < -0.39 is 111 Å². The van der Waals surface area contributed by atoms with Crippen molar-refractivity contribution >= 4 is 41.4 Å². The standard InChI is InChI=1S/C48H75N11O8.Co/c1-23(60)22-55-38(67)16-17-45(6)29(18-35(52)64)43-48(9)47(8,21-37(54)66)28(12-15-34(51)63)40(59-48)25(3)42-46(7,20-36(53)65)26(10-13-32(49)61)30(56-42)19-31-44(4,5)27(11-14-33(50)62)39(57-31)24(2)41(45)58-43;/h19,23,26-30,39-40,43,60H,10-18,20-22H2,1-9H3,(H2,49,61)(H2,50,62)(H2,51,63)(H2,52,64)(H2,53,65)(H2,54,66)(H,55,67);/q-4;/b31-19-,41-24-,42-25-;/t23-,26-,27-,28-,29+,30-,39-,40?,43-,45-,46+,47+,48+;/m1./s1. The minimum absolute atomic E-state index is 0. The van der Waals surface area contributed by atoms with Crippen molar-refractivity contribution in [3.05, 3.63) is 55.6 Å². The Morgan fingerprint density at radius 3 is 1.68 bits per heavy atom. The molecule has 0 spiro atoms. The van der Waals surface area contributed by atoms with E-state index in [0.717, 1.165) is 5.57 Å². The summed E-state index contributed by atoms with van der Waals surface area (Å²) in [6.07, 6.45) is 1.52. The van der Waals surface area contributed by atoms with Crippen LogP contribution in [0, 0.1) is 45.3 Å². The second kappa shape index (κ2) is 20.7. The number of nitrogens with two attached hydrogens (primary N) is 6. The normalized spacial score (nSPS) is 37.9. The summed E-state index contributed by atoms with van der Waals surface area (Å²) in [6.45, 7) is 17.1. The van der Waals surface area contributed by atoms with Crippen LogP contribution < -0.4 is 39.7 Å². The number of hydrogen-bond acceptors (Lipinski definition) is 8. The Bertz CT molecular complexity index is 2130. The van der Waals surface area contributed by atoms with Crippen molar-refractivity contribution in [1.29, 1.82) is 0 Å². The summed E-state index contributed by atoms with van der Waals surface area (Å²) in [4.78, 5) is 91.4. The molecule has 19 nitrogen and oxygen atoms in total. The average Bonchev–Trinajstić information content (AvgIpc) is 3.80. The zero-order valence-corrected chi connectivity index (χ0v) is 42.2. The van der Waals surface area contributed by atoms with Gasteiger partial charge in [0.25, 0.3) is 0 Å². The van der Waals surface area contributed by atoms with Gasteiger partial charge in [-0.05, 0) is 91.8 Å². The fraction of sp³-hybridized carbons (Fsp3) is 0.729. The number of aliphatic hydroxyl groups is 1. The fourth-order valence-electron chi connectivity index (χ4n) is 13.0. The molecule has 1 radical (unpaired) electrons. The number of primary amides is 6. The number of fused-ring (bicyclic) bond motifs is 9. The van der Waals surface area contributed by atoms with Crippen molar-refractivity contribution in [3.8, 4) is 0 Å². The number of hydrogen-bond donors (Lipinski definition) is 8. The molecule has 8 bridgehead atoms. The van der Waals surface area contributed by atoms with Gasteiger partial charge in [0.15, 0.2) is 0 Å². The molecule has 0 aromatic carbocycles. The minimum Gasteiger partial charge on any atom is -0.685 e. The first-order valence-corrected chi connectivity index (χ1v) is 23.6. The molecule has 13 atom stereocenters. The predicted octanol–water partition coefficient (Wildman–Crippen LogP) is 3.42. The van der Waals surface area contributed by atoms with Crippen LogP contribution in [0.4, 0.5) is 0 Å². The van der Waals surface area contributed by atoms with E-state index in [2.05, 4.69) is 5.32 Å². The van der Waals surface area contributed by atoms with Crippen molar-refractivity contribution in [2.45, 2.75) is 169 Å². The average molecular weight is 993 g/mol. The molecular formula is C48H75CoN11O8-4. The first-order chi connectivity index (χ1) is 30.9. The van der Waals surface area contributed by atoms with Crippen molar-refractivity contribution < 1.29 is 55.4 Å². The van der Waals surface area contributed by atoms with Gasteiger partial charge >= 0.3 is 0 Å². The molecule has 7 amide bonds. The number of allylic oxidation sites excluding steroid dienone is 3. The third-order valence-electron chi connectivity index (χ3n) is 16.7. The summed E-state index contributed by atoms with van der Waals surface area (Å²) in [7, 11) is 0. The maximum atomic E-state index is 13.5. The van der Waals surface area contributed by atoms with E-state index in [-0.39, 0.29) is 99.4 Å². The molecule has 4 fully saturated rings. The van der Waals surface area contributed by atoms with E-state index in [1.807, 2.05) is 61.5 Å². The summed E-state index contributed by atoms with van der Waals surface area (Å²) in [5, 5.41) is 35.0. The van der Waals surface area contributed by atoms with Crippen LogP contribution in [0.3, 0.4) is 0 Å². The Morgan fingerprint density at radius 2 is 1.16 bits per heavy atom. The van der Waals surface area contributed by atoms with Crippen molar-refractivity contribution in [1.82, 2.24) is 5.32 Å². The number of amides is 7. The van der Waals surface area contributed by atoms with E-state index in [9.17, 15) is 38.7 Å². The molecule has 20 heteroatoms. The third kappa shape index (κ3) is 10.6. The number of rotatable bonds is 20. The maximum Gasteiger partial charge on any atom is 0.220 e. The van der Waals surface area contributed by atoms with Crippen LogP contribution in [0.2, 0.25) is 0 Å². The van der Waals surface area contributed by atoms with Crippen LogP contribution in [0.15, 0.2) is 34.3 Å². The summed E-state index contributed by atoms with van der Waals surface area (Å²) in [5.41, 5.74) is 33.6. The Labute approximate surface area is 411 Å². The largest absolute Gasteiger partial charge is 0.685 e. The van der Waals surface area contributed by atoms with E-state index in [1.165, 1.54) is 0 Å². The van der Waals surface area contributed by atoms with Gasteiger partial charge in [0.1, 0.15) is 0 Å². The fourth-order valence-corrected chi connectivity index (χ4v) is 13.0. The molecule has 5 heterocycles. The number of nitrogens with zero attached hydrogens (tertiary/aromatic N) is 4. The monoisotopic (exact) mass is 993 g/mol. The zero-order valence-electron chi connectivity index (χ0n) is 41.2. The summed E-state index contributed by atoms with van der Waals surface area (Å²) < 4.78 is 0. The Kier molecular flexibility index (Phi) is 17.1. The Morgan fingerprint density at radius 1 is 0.647 bits per heavy atom. The number of carbonyl (C=O) groups is 7. The first-order valence-electron chi connectivity index (χ1n) is 23.6. The van der Waals surface area contributed by atoms with E-state index in [4.69, 9.17) is 55.7 Å². The molecular weight excluding hydrogens is 918 g/mol. The molecule has 0 aliphatic carbocycles. The molecule has 68 heavy (non-hydrogen) atoms. The maximum absolute atomic E-state index is 13.5.